The van der Waals surface area contributed by atoms with Crippen LogP contribution >= 0.6 is 0 Å². The Hall–Kier alpha value is -3.30. The van der Waals surface area contributed by atoms with Gasteiger partial charge in [-0.1, -0.05) is 0 Å². The first kappa shape index (κ1) is 17.1. The molecule has 1 aromatic heterocycles. The smallest absolute Gasteiger partial charge is 0.406 e. The van der Waals surface area contributed by atoms with Crippen molar-refractivity contribution in [3.05, 3.63) is 34.6 Å². The van der Waals surface area contributed by atoms with Gasteiger partial charge in [-0.3, -0.25) is 9.36 Å². The van der Waals surface area contributed by atoms with Crippen molar-refractivity contribution in [2.45, 2.75) is 12.8 Å². The lowest BCUT2D eigenvalue weighted by atomic mass is 9.95. The third kappa shape index (κ3) is 3.25. The number of aryl methyl sites for hydroxylation is 1. The molecular formula is C17H19N5O5. The van der Waals surface area contributed by atoms with Crippen LogP contribution in [0.4, 0.5) is 17.3 Å². The molecule has 0 unspecified atom stereocenters. The number of imidazole rings is 1. The van der Waals surface area contributed by atoms with E-state index < -0.39 is 4.92 Å². The Morgan fingerprint density at radius 1 is 1.30 bits per heavy atom. The molecule has 1 amide bonds. The van der Waals surface area contributed by atoms with Gasteiger partial charge < -0.3 is 29.8 Å². The topological polar surface area (TPSA) is 112 Å². The van der Waals surface area contributed by atoms with E-state index in [0.29, 0.717) is 48.9 Å². The predicted octanol–water partition coefficient (Wildman–Crippen LogP) is 1.91. The molecule has 1 fully saturated rings. The summed E-state index contributed by atoms with van der Waals surface area (Å²) in [4.78, 5) is 29.0. The first-order valence-electron chi connectivity index (χ1n) is 8.64. The van der Waals surface area contributed by atoms with Crippen LogP contribution in [0, 0.1) is 16.0 Å². The van der Waals surface area contributed by atoms with Gasteiger partial charge in [0.05, 0.1) is 0 Å². The largest absolute Gasteiger partial charge is 0.454 e. The van der Waals surface area contributed by atoms with Gasteiger partial charge in [0.15, 0.2) is 11.5 Å². The maximum absolute atomic E-state index is 12.6. The summed E-state index contributed by atoms with van der Waals surface area (Å²) < 4.78 is 12.2. The van der Waals surface area contributed by atoms with Crippen LogP contribution in [0.3, 0.4) is 0 Å². The minimum Gasteiger partial charge on any atom is -0.454 e. The molecule has 3 heterocycles. The zero-order chi connectivity index (χ0) is 19.0. The van der Waals surface area contributed by atoms with Gasteiger partial charge in [-0.2, -0.15) is 0 Å². The number of piperidine rings is 1. The van der Waals surface area contributed by atoms with E-state index in [-0.39, 0.29) is 24.4 Å². The number of anilines is 2. The first-order chi connectivity index (χ1) is 13.0. The molecule has 0 bridgehead atoms. The van der Waals surface area contributed by atoms with Crippen LogP contribution in [-0.2, 0) is 11.8 Å². The van der Waals surface area contributed by atoms with E-state index in [4.69, 9.17) is 9.47 Å². The summed E-state index contributed by atoms with van der Waals surface area (Å²) in [7, 11) is 1.73. The van der Waals surface area contributed by atoms with Crippen molar-refractivity contribution >= 4 is 23.2 Å². The summed E-state index contributed by atoms with van der Waals surface area (Å²) in [6.45, 7) is 1.30. The molecule has 10 nitrogen and oxygen atoms in total. The molecular weight excluding hydrogens is 354 g/mol. The number of nitro groups is 1. The molecule has 1 N–H and O–H groups in total. The molecule has 142 valence electrons. The molecule has 0 atom stereocenters. The standard InChI is InChI=1S/C17H19N5O5/c1-20-9-18-15(22(24)25)17(20)21-6-4-11(5-7-21)16(23)19-12-2-3-13-14(8-12)27-10-26-13/h2-3,8-9,11H,4-7,10H2,1H3,(H,19,23). The Kier molecular flexibility index (Phi) is 4.30. The van der Waals surface area contributed by atoms with Crippen LogP contribution in [0.1, 0.15) is 12.8 Å². The summed E-state index contributed by atoms with van der Waals surface area (Å²) in [5.74, 6) is 1.40. The molecule has 1 saturated heterocycles. The quantitative estimate of drug-likeness (QED) is 0.643. The van der Waals surface area contributed by atoms with Crippen LogP contribution in [0.25, 0.3) is 0 Å². The molecule has 2 aliphatic heterocycles. The van der Waals surface area contributed by atoms with Crippen molar-refractivity contribution in [3.63, 3.8) is 0 Å². The molecule has 1 aromatic carbocycles. The van der Waals surface area contributed by atoms with Crippen molar-refractivity contribution in [3.8, 4) is 11.5 Å². The monoisotopic (exact) mass is 373 g/mol. The van der Waals surface area contributed by atoms with Gasteiger partial charge in [0.2, 0.25) is 24.8 Å². The second-order valence-corrected chi connectivity index (χ2v) is 6.58. The number of fused-ring (bicyclic) bond motifs is 1. The Labute approximate surface area is 154 Å². The van der Waals surface area contributed by atoms with E-state index in [1.54, 1.807) is 29.8 Å². The molecule has 2 aromatic rings. The lowest BCUT2D eigenvalue weighted by molar-refractivity contribution is -0.388. The van der Waals surface area contributed by atoms with Crippen molar-refractivity contribution in [2.75, 3.05) is 30.1 Å². The van der Waals surface area contributed by atoms with Crippen molar-refractivity contribution in [1.29, 1.82) is 0 Å². The zero-order valence-electron chi connectivity index (χ0n) is 14.8. The van der Waals surface area contributed by atoms with E-state index in [9.17, 15) is 14.9 Å². The summed E-state index contributed by atoms with van der Waals surface area (Å²) in [6.07, 6.45) is 2.66. The van der Waals surface area contributed by atoms with Gasteiger partial charge in [-0.15, -0.1) is 0 Å². The second-order valence-electron chi connectivity index (χ2n) is 6.58. The van der Waals surface area contributed by atoms with E-state index >= 15 is 0 Å². The van der Waals surface area contributed by atoms with E-state index in [2.05, 4.69) is 10.3 Å². The maximum Gasteiger partial charge on any atom is 0.406 e. The number of carbonyl (C=O) groups excluding carboxylic acids is 1. The number of ether oxygens (including phenoxy) is 2. The van der Waals surface area contributed by atoms with Gasteiger partial charge in [-0.05, 0) is 34.9 Å². The number of hydrogen-bond donors (Lipinski definition) is 1. The highest BCUT2D eigenvalue weighted by molar-refractivity contribution is 5.93. The molecule has 0 radical (unpaired) electrons. The Balaban J connectivity index is 1.38. The highest BCUT2D eigenvalue weighted by Crippen LogP contribution is 2.35. The molecule has 2 aliphatic rings. The van der Waals surface area contributed by atoms with E-state index in [1.807, 2.05) is 4.90 Å². The fraction of sp³-hybridized carbons (Fsp3) is 0.412. The number of nitrogens with one attached hydrogen (secondary N) is 1. The Morgan fingerprint density at radius 3 is 2.78 bits per heavy atom. The fourth-order valence-electron chi connectivity index (χ4n) is 3.48. The predicted molar refractivity (Wildman–Crippen MR) is 96.0 cm³/mol. The number of benzene rings is 1. The molecule has 0 saturated carbocycles. The fourth-order valence-corrected chi connectivity index (χ4v) is 3.48. The van der Waals surface area contributed by atoms with Crippen LogP contribution in [-0.4, -0.2) is 40.3 Å². The molecule has 10 heteroatoms. The zero-order valence-corrected chi connectivity index (χ0v) is 14.8. The molecule has 0 aliphatic carbocycles. The summed E-state index contributed by atoms with van der Waals surface area (Å²) in [6, 6.07) is 5.29. The highest BCUT2D eigenvalue weighted by Gasteiger charge is 2.31. The van der Waals surface area contributed by atoms with Crippen LogP contribution in [0.15, 0.2) is 24.5 Å². The van der Waals surface area contributed by atoms with Gasteiger partial charge in [0.1, 0.15) is 0 Å². The minimum absolute atomic E-state index is 0.0620. The summed E-state index contributed by atoms with van der Waals surface area (Å²) in [5.41, 5.74) is 0.661. The summed E-state index contributed by atoms with van der Waals surface area (Å²) in [5, 5.41) is 14.1. The number of rotatable bonds is 4. The average molecular weight is 373 g/mol. The number of amides is 1. The van der Waals surface area contributed by atoms with Gasteiger partial charge in [-0.25, -0.2) is 0 Å². The van der Waals surface area contributed by atoms with Crippen molar-refractivity contribution in [2.24, 2.45) is 13.0 Å². The molecule has 27 heavy (non-hydrogen) atoms. The van der Waals surface area contributed by atoms with E-state index in [1.165, 1.54) is 6.33 Å². The number of hydrogen-bond acceptors (Lipinski definition) is 7. The second kappa shape index (κ2) is 6.78. The summed E-state index contributed by atoms with van der Waals surface area (Å²) >= 11 is 0. The highest BCUT2D eigenvalue weighted by atomic mass is 16.7. The normalized spacial score (nSPS) is 16.4. The van der Waals surface area contributed by atoms with Crippen LogP contribution < -0.4 is 19.7 Å². The average Bonchev–Trinajstić information content (AvgIpc) is 3.27. The minimum atomic E-state index is -0.478. The first-order valence-corrected chi connectivity index (χ1v) is 8.64. The van der Waals surface area contributed by atoms with Crippen molar-refractivity contribution < 1.29 is 19.2 Å². The Bertz CT molecular complexity index is 888. The van der Waals surface area contributed by atoms with Crippen molar-refractivity contribution in [1.82, 2.24) is 9.55 Å². The number of carbonyl (C=O) groups is 1. The third-order valence-electron chi connectivity index (χ3n) is 4.87. The molecule has 0 spiro atoms. The van der Waals surface area contributed by atoms with Crippen LogP contribution in [0.2, 0.25) is 0 Å². The van der Waals surface area contributed by atoms with Gasteiger partial charge in [0, 0.05) is 37.8 Å². The Morgan fingerprint density at radius 2 is 2.04 bits per heavy atom. The number of nitrogens with zero attached hydrogens (tertiary/aromatic N) is 4. The van der Waals surface area contributed by atoms with E-state index in [0.717, 1.165) is 0 Å². The van der Waals surface area contributed by atoms with Gasteiger partial charge >= 0.3 is 5.82 Å². The van der Waals surface area contributed by atoms with Crippen LogP contribution in [0.5, 0.6) is 11.5 Å². The lowest BCUT2D eigenvalue weighted by Gasteiger charge is -2.32. The lowest BCUT2D eigenvalue weighted by Crippen LogP contribution is -2.39. The number of aromatic nitrogens is 2. The maximum atomic E-state index is 12.6. The SMILES string of the molecule is Cn1cnc([N+](=O)[O-])c1N1CCC(C(=O)Nc2ccc3c(c2)OCO3)CC1. The molecule has 4 rings (SSSR count). The third-order valence-corrected chi connectivity index (χ3v) is 4.87. The van der Waals surface area contributed by atoms with Gasteiger partial charge in [0.25, 0.3) is 0 Å².